The van der Waals surface area contributed by atoms with Crippen LogP contribution in [0.4, 0.5) is 17.6 Å². The summed E-state index contributed by atoms with van der Waals surface area (Å²) in [6, 6.07) is 0. The van der Waals surface area contributed by atoms with E-state index in [9.17, 15) is 26.0 Å². The second-order valence-electron chi connectivity index (χ2n) is 6.76. The molecule has 0 amide bonds. The number of halogens is 4. The predicted molar refractivity (Wildman–Crippen MR) is 106 cm³/mol. The molecule has 2 saturated carbocycles. The minimum atomic E-state index is -3.36. The lowest BCUT2D eigenvalue weighted by atomic mass is 9.86. The zero-order chi connectivity index (χ0) is 18.4. The van der Waals surface area contributed by atoms with Crippen LogP contribution in [0, 0.1) is 11.8 Å². The highest BCUT2D eigenvalue weighted by Crippen LogP contribution is 2.38. The van der Waals surface area contributed by atoms with Gasteiger partial charge in [0.2, 0.25) is 10.0 Å². The maximum absolute atomic E-state index is 13.2. The number of hydrogen-bond donors (Lipinski definition) is 2. The van der Waals surface area contributed by atoms with E-state index < -0.39 is 33.7 Å². The summed E-state index contributed by atoms with van der Waals surface area (Å²) in [5, 5.41) is 0. The van der Waals surface area contributed by atoms with Crippen LogP contribution < -0.4 is 10.5 Å². The summed E-state index contributed by atoms with van der Waals surface area (Å²) >= 11 is 0. The number of nitrogens with two attached hydrogens (primary N) is 1. The smallest absolute Gasteiger partial charge is 0.252 e. The minimum absolute atomic E-state index is 0. The normalized spacial score (nSPS) is 26.1. The molecule has 0 aromatic carbocycles. The number of nitrogens with one attached hydrogen (secondary N) is 1. The largest absolute Gasteiger partial charge is 0.330 e. The number of rotatable bonds is 4. The lowest BCUT2D eigenvalue weighted by Gasteiger charge is -2.31. The van der Waals surface area contributed by atoms with E-state index in [2.05, 4.69) is 4.72 Å². The van der Waals surface area contributed by atoms with Crippen LogP contribution in [-0.4, -0.2) is 39.6 Å². The lowest BCUT2D eigenvalue weighted by molar-refractivity contribution is -0.0829. The Morgan fingerprint density at radius 3 is 1.59 bits per heavy atom. The SMILES string of the molecule is C.C.C.CS(=O)(=O)NCC1CCCCC1(F)F.NCC1CCCCC1(F)F. The lowest BCUT2D eigenvalue weighted by Crippen LogP contribution is -2.40. The molecule has 4 nitrogen and oxygen atoms in total. The van der Waals surface area contributed by atoms with Crippen LogP contribution in [0.3, 0.4) is 0 Å². The molecule has 0 spiro atoms. The van der Waals surface area contributed by atoms with Gasteiger partial charge in [0.15, 0.2) is 0 Å². The van der Waals surface area contributed by atoms with Gasteiger partial charge in [0, 0.05) is 37.8 Å². The molecular formula is C18H40F4N2O2S. The Kier molecular flexibility index (Phi) is 15.0. The molecule has 2 unspecified atom stereocenters. The van der Waals surface area contributed by atoms with E-state index in [1.165, 1.54) is 0 Å². The molecular weight excluding hydrogens is 384 g/mol. The quantitative estimate of drug-likeness (QED) is 0.621. The van der Waals surface area contributed by atoms with Gasteiger partial charge in [-0.3, -0.25) is 0 Å². The Morgan fingerprint density at radius 2 is 1.30 bits per heavy atom. The number of alkyl halides is 4. The average Bonchev–Trinajstić information content (AvgIpc) is 2.45. The maximum Gasteiger partial charge on any atom is 0.252 e. The Hall–Kier alpha value is -0.410. The van der Waals surface area contributed by atoms with Crippen LogP contribution in [-0.2, 0) is 10.0 Å². The molecule has 3 N–H and O–H groups in total. The van der Waals surface area contributed by atoms with E-state index in [4.69, 9.17) is 5.73 Å². The van der Waals surface area contributed by atoms with Gasteiger partial charge in [-0.1, -0.05) is 35.1 Å². The van der Waals surface area contributed by atoms with Crippen molar-refractivity contribution in [1.82, 2.24) is 4.72 Å². The highest BCUT2D eigenvalue weighted by molar-refractivity contribution is 7.88. The van der Waals surface area contributed by atoms with Gasteiger partial charge in [-0.25, -0.2) is 30.7 Å². The molecule has 0 aliphatic heterocycles. The zero-order valence-corrected chi connectivity index (χ0v) is 14.9. The summed E-state index contributed by atoms with van der Waals surface area (Å²) in [5.74, 6) is -6.59. The van der Waals surface area contributed by atoms with E-state index in [0.717, 1.165) is 19.1 Å². The van der Waals surface area contributed by atoms with Crippen LogP contribution in [0.25, 0.3) is 0 Å². The molecule has 9 heteroatoms. The van der Waals surface area contributed by atoms with Crippen molar-refractivity contribution < 1.29 is 26.0 Å². The van der Waals surface area contributed by atoms with E-state index in [1.807, 2.05) is 0 Å². The highest BCUT2D eigenvalue weighted by Gasteiger charge is 2.41. The van der Waals surface area contributed by atoms with Gasteiger partial charge in [0.05, 0.1) is 6.26 Å². The standard InChI is InChI=1S/C8H15F2NO2S.C7H13F2N.3CH4/c1-14(12,13)11-6-7-4-2-3-5-8(7,9)10;8-7(9)4-2-1-3-6(7)5-10;;;/h7,11H,2-6H2,1H3;6H,1-5,10H2;3*1H4. The Morgan fingerprint density at radius 1 is 0.889 bits per heavy atom. The van der Waals surface area contributed by atoms with Crippen LogP contribution in [0.2, 0.25) is 0 Å². The van der Waals surface area contributed by atoms with Crippen LogP contribution in [0.5, 0.6) is 0 Å². The second kappa shape index (κ2) is 12.9. The summed E-state index contributed by atoms with van der Waals surface area (Å²) in [4.78, 5) is 0. The molecule has 168 valence electrons. The monoisotopic (exact) mass is 424 g/mol. The third-order valence-electron chi connectivity index (χ3n) is 4.70. The van der Waals surface area contributed by atoms with Crippen LogP contribution in [0.15, 0.2) is 0 Å². The van der Waals surface area contributed by atoms with Gasteiger partial charge in [-0.2, -0.15) is 0 Å². The summed E-state index contributed by atoms with van der Waals surface area (Å²) < 4.78 is 75.6. The van der Waals surface area contributed by atoms with E-state index in [1.54, 1.807) is 0 Å². The Bertz CT molecular complexity index is 488. The van der Waals surface area contributed by atoms with Crippen LogP contribution in [0.1, 0.15) is 73.6 Å². The predicted octanol–water partition coefficient (Wildman–Crippen LogP) is 5.04. The van der Waals surface area contributed by atoms with E-state index in [-0.39, 0.29) is 48.2 Å². The first-order valence-electron chi connectivity index (χ1n) is 8.38. The van der Waals surface area contributed by atoms with Crippen molar-refractivity contribution in [1.29, 1.82) is 0 Å². The third-order valence-corrected chi connectivity index (χ3v) is 5.39. The molecule has 2 aliphatic carbocycles. The fourth-order valence-corrected chi connectivity index (χ4v) is 3.63. The van der Waals surface area contributed by atoms with E-state index in [0.29, 0.717) is 25.7 Å². The van der Waals surface area contributed by atoms with Crippen LogP contribution >= 0.6 is 0 Å². The van der Waals surface area contributed by atoms with Crippen molar-refractivity contribution in [2.24, 2.45) is 17.6 Å². The Balaban J connectivity index is -0.000000400. The maximum atomic E-state index is 13.2. The van der Waals surface area contributed by atoms with Gasteiger partial charge in [0.25, 0.3) is 11.8 Å². The van der Waals surface area contributed by atoms with Crippen molar-refractivity contribution in [3.63, 3.8) is 0 Å². The Labute approximate surface area is 163 Å². The molecule has 0 radical (unpaired) electrons. The summed E-state index contributed by atoms with van der Waals surface area (Å²) in [5.41, 5.74) is 5.20. The van der Waals surface area contributed by atoms with Crippen molar-refractivity contribution >= 4 is 10.0 Å². The molecule has 0 aromatic rings. The molecule has 0 heterocycles. The average molecular weight is 425 g/mol. The van der Waals surface area contributed by atoms with Gasteiger partial charge in [0.1, 0.15) is 0 Å². The molecule has 0 bridgehead atoms. The molecule has 2 fully saturated rings. The van der Waals surface area contributed by atoms with Gasteiger partial charge in [-0.05, 0) is 25.7 Å². The summed E-state index contributed by atoms with van der Waals surface area (Å²) in [6.07, 6.45) is 4.75. The highest BCUT2D eigenvalue weighted by atomic mass is 32.2. The third kappa shape index (κ3) is 11.2. The van der Waals surface area contributed by atoms with E-state index >= 15 is 0 Å². The first-order valence-corrected chi connectivity index (χ1v) is 10.3. The van der Waals surface area contributed by atoms with Crippen molar-refractivity contribution in [3.05, 3.63) is 0 Å². The molecule has 2 aliphatic rings. The first kappa shape index (κ1) is 31.3. The number of sulfonamides is 1. The molecule has 2 atom stereocenters. The fourth-order valence-electron chi connectivity index (χ4n) is 3.13. The topological polar surface area (TPSA) is 72.2 Å². The molecule has 2 rings (SSSR count). The van der Waals surface area contributed by atoms with Gasteiger partial charge in [-0.15, -0.1) is 0 Å². The minimum Gasteiger partial charge on any atom is -0.330 e. The summed E-state index contributed by atoms with van der Waals surface area (Å²) in [6.45, 7) is -0.0150. The number of hydrogen-bond acceptors (Lipinski definition) is 3. The first-order chi connectivity index (χ1) is 11.0. The second-order valence-corrected chi connectivity index (χ2v) is 8.60. The van der Waals surface area contributed by atoms with Crippen molar-refractivity contribution in [2.75, 3.05) is 19.3 Å². The zero-order valence-electron chi connectivity index (χ0n) is 14.0. The van der Waals surface area contributed by atoms with Gasteiger partial charge >= 0.3 is 0 Å². The molecule has 0 saturated heterocycles. The summed E-state index contributed by atoms with van der Waals surface area (Å²) in [7, 11) is -3.36. The molecule has 0 aromatic heterocycles. The fraction of sp³-hybridized carbons (Fsp3) is 1.00. The molecule has 27 heavy (non-hydrogen) atoms. The van der Waals surface area contributed by atoms with Crippen molar-refractivity contribution in [3.8, 4) is 0 Å². The van der Waals surface area contributed by atoms with Crippen molar-refractivity contribution in [2.45, 2.75) is 85.5 Å². The van der Waals surface area contributed by atoms with Gasteiger partial charge < -0.3 is 5.73 Å².